The molecular formula is C15H24N2. The first kappa shape index (κ1) is 12.6. The van der Waals surface area contributed by atoms with Gasteiger partial charge in [-0.3, -0.25) is 5.84 Å². The molecule has 1 aliphatic heterocycles. The zero-order valence-electron chi connectivity index (χ0n) is 10.9. The number of piperidine rings is 1. The van der Waals surface area contributed by atoms with E-state index in [9.17, 15) is 0 Å². The second-order valence-corrected chi connectivity index (χ2v) is 5.19. The van der Waals surface area contributed by atoms with Crippen LogP contribution in [0.3, 0.4) is 0 Å². The van der Waals surface area contributed by atoms with Gasteiger partial charge in [-0.15, -0.1) is 0 Å². The Kier molecular flexibility index (Phi) is 4.57. The fourth-order valence-electron chi connectivity index (χ4n) is 2.62. The van der Waals surface area contributed by atoms with E-state index >= 15 is 0 Å². The molecule has 0 saturated carbocycles. The summed E-state index contributed by atoms with van der Waals surface area (Å²) in [6.07, 6.45) is 6.22. The molecule has 0 spiro atoms. The topological polar surface area (TPSA) is 29.3 Å². The summed E-state index contributed by atoms with van der Waals surface area (Å²) in [6, 6.07) is 9.03. The minimum Gasteiger partial charge on any atom is -0.269 e. The maximum atomic E-state index is 5.78. The van der Waals surface area contributed by atoms with Gasteiger partial charge in [-0.2, -0.15) is 0 Å². The predicted octanol–water partition coefficient (Wildman–Crippen LogP) is 2.77. The Hall–Kier alpha value is -0.860. The second-order valence-electron chi connectivity index (χ2n) is 5.19. The molecule has 1 saturated heterocycles. The van der Waals surface area contributed by atoms with Gasteiger partial charge in [-0.25, -0.2) is 5.01 Å². The molecule has 1 heterocycles. The molecule has 2 nitrogen and oxygen atoms in total. The number of nitrogens with two attached hydrogens (primary N) is 1. The van der Waals surface area contributed by atoms with Crippen molar-refractivity contribution in [3.05, 3.63) is 35.4 Å². The minimum absolute atomic E-state index is 0.875. The molecule has 2 N–H and O–H groups in total. The third-order valence-electron chi connectivity index (χ3n) is 3.89. The number of benzene rings is 1. The molecule has 2 rings (SSSR count). The predicted molar refractivity (Wildman–Crippen MR) is 72.6 cm³/mol. The van der Waals surface area contributed by atoms with Crippen LogP contribution in [0.15, 0.2) is 24.3 Å². The summed E-state index contributed by atoms with van der Waals surface area (Å²) in [5, 5.41) is 1.95. The normalized spacial score (nSPS) is 18.5. The largest absolute Gasteiger partial charge is 0.269 e. The first-order chi connectivity index (χ1) is 8.28. The van der Waals surface area contributed by atoms with Gasteiger partial charge in [-0.1, -0.05) is 31.2 Å². The van der Waals surface area contributed by atoms with Crippen LogP contribution in [-0.4, -0.2) is 18.1 Å². The highest BCUT2D eigenvalue weighted by Crippen LogP contribution is 2.21. The summed E-state index contributed by atoms with van der Waals surface area (Å²) in [7, 11) is 0. The molecule has 0 aliphatic carbocycles. The van der Waals surface area contributed by atoms with Crippen LogP contribution in [0.2, 0.25) is 0 Å². The van der Waals surface area contributed by atoms with E-state index in [2.05, 4.69) is 31.2 Å². The molecule has 0 unspecified atom stereocenters. The van der Waals surface area contributed by atoms with E-state index in [1.807, 2.05) is 5.01 Å². The molecule has 1 aromatic carbocycles. The van der Waals surface area contributed by atoms with Crippen molar-refractivity contribution < 1.29 is 0 Å². The van der Waals surface area contributed by atoms with E-state index in [4.69, 9.17) is 5.84 Å². The van der Waals surface area contributed by atoms with Crippen LogP contribution in [0.4, 0.5) is 0 Å². The van der Waals surface area contributed by atoms with Gasteiger partial charge in [0.25, 0.3) is 0 Å². The molecule has 0 atom stereocenters. The van der Waals surface area contributed by atoms with Gasteiger partial charge in [0.1, 0.15) is 0 Å². The Morgan fingerprint density at radius 3 is 2.65 bits per heavy atom. The molecule has 94 valence electrons. The van der Waals surface area contributed by atoms with Crippen LogP contribution >= 0.6 is 0 Å². The average molecular weight is 232 g/mol. The SMILES string of the molecule is CCc1cccc(CCC2CCN(N)CC2)c1. The summed E-state index contributed by atoms with van der Waals surface area (Å²) in [5.41, 5.74) is 2.96. The summed E-state index contributed by atoms with van der Waals surface area (Å²) in [5.74, 6) is 6.65. The van der Waals surface area contributed by atoms with Crippen LogP contribution in [-0.2, 0) is 12.8 Å². The average Bonchev–Trinajstić information content (AvgIpc) is 2.38. The quantitative estimate of drug-likeness (QED) is 0.809. The van der Waals surface area contributed by atoms with E-state index in [0.29, 0.717) is 0 Å². The van der Waals surface area contributed by atoms with E-state index < -0.39 is 0 Å². The summed E-state index contributed by atoms with van der Waals surface area (Å²) < 4.78 is 0. The fourth-order valence-corrected chi connectivity index (χ4v) is 2.62. The van der Waals surface area contributed by atoms with Crippen LogP contribution in [0, 0.1) is 5.92 Å². The molecular weight excluding hydrogens is 208 g/mol. The Morgan fingerprint density at radius 1 is 1.24 bits per heavy atom. The highest BCUT2D eigenvalue weighted by Gasteiger charge is 2.16. The number of hydrogen-bond donors (Lipinski definition) is 1. The number of hydrazine groups is 1. The third-order valence-corrected chi connectivity index (χ3v) is 3.89. The van der Waals surface area contributed by atoms with Crippen LogP contribution < -0.4 is 5.84 Å². The Morgan fingerprint density at radius 2 is 1.94 bits per heavy atom. The lowest BCUT2D eigenvalue weighted by Crippen LogP contribution is -2.38. The van der Waals surface area contributed by atoms with E-state index in [1.165, 1.54) is 36.8 Å². The highest BCUT2D eigenvalue weighted by molar-refractivity contribution is 5.23. The minimum atomic E-state index is 0.875. The summed E-state index contributed by atoms with van der Waals surface area (Å²) in [4.78, 5) is 0. The van der Waals surface area contributed by atoms with Gasteiger partial charge in [0.15, 0.2) is 0 Å². The lowest BCUT2D eigenvalue weighted by atomic mass is 9.91. The van der Waals surface area contributed by atoms with E-state index in [-0.39, 0.29) is 0 Å². The number of aryl methyl sites for hydroxylation is 2. The van der Waals surface area contributed by atoms with E-state index in [0.717, 1.165) is 25.4 Å². The molecule has 0 amide bonds. The fraction of sp³-hybridized carbons (Fsp3) is 0.600. The Bertz CT molecular complexity index is 341. The molecule has 1 fully saturated rings. The molecule has 0 bridgehead atoms. The van der Waals surface area contributed by atoms with Crippen molar-refractivity contribution in [3.8, 4) is 0 Å². The molecule has 1 aromatic rings. The molecule has 0 aromatic heterocycles. The second kappa shape index (κ2) is 6.18. The Balaban J connectivity index is 1.81. The van der Waals surface area contributed by atoms with Gasteiger partial charge < -0.3 is 0 Å². The summed E-state index contributed by atoms with van der Waals surface area (Å²) >= 11 is 0. The van der Waals surface area contributed by atoms with E-state index in [1.54, 1.807) is 0 Å². The molecule has 17 heavy (non-hydrogen) atoms. The molecule has 2 heteroatoms. The van der Waals surface area contributed by atoms with Gasteiger partial charge in [0.2, 0.25) is 0 Å². The van der Waals surface area contributed by atoms with Crippen LogP contribution in [0.25, 0.3) is 0 Å². The standard InChI is InChI=1S/C15H24N2/c1-2-13-4-3-5-15(12-13)7-6-14-8-10-17(16)11-9-14/h3-5,12,14H,2,6-11,16H2,1H3. The number of nitrogens with zero attached hydrogens (tertiary/aromatic N) is 1. The number of rotatable bonds is 4. The van der Waals surface area contributed by atoms with Gasteiger partial charge >= 0.3 is 0 Å². The van der Waals surface area contributed by atoms with Crippen molar-refractivity contribution in [1.82, 2.24) is 5.01 Å². The first-order valence-electron chi connectivity index (χ1n) is 6.85. The van der Waals surface area contributed by atoms with Crippen LogP contribution in [0.5, 0.6) is 0 Å². The third kappa shape index (κ3) is 3.83. The van der Waals surface area contributed by atoms with Gasteiger partial charge in [0.05, 0.1) is 0 Å². The lowest BCUT2D eigenvalue weighted by Gasteiger charge is -2.28. The zero-order chi connectivity index (χ0) is 12.1. The van der Waals surface area contributed by atoms with Crippen molar-refractivity contribution in [1.29, 1.82) is 0 Å². The van der Waals surface area contributed by atoms with Crippen molar-refractivity contribution in [2.75, 3.05) is 13.1 Å². The van der Waals surface area contributed by atoms with Gasteiger partial charge in [0, 0.05) is 13.1 Å². The van der Waals surface area contributed by atoms with Crippen molar-refractivity contribution >= 4 is 0 Å². The maximum absolute atomic E-state index is 5.78. The maximum Gasteiger partial charge on any atom is 0.0131 e. The van der Waals surface area contributed by atoms with Crippen molar-refractivity contribution in [2.45, 2.75) is 39.0 Å². The monoisotopic (exact) mass is 232 g/mol. The zero-order valence-corrected chi connectivity index (χ0v) is 10.9. The molecule has 1 aliphatic rings. The first-order valence-corrected chi connectivity index (χ1v) is 6.85. The Labute approximate surface area is 105 Å². The van der Waals surface area contributed by atoms with Crippen molar-refractivity contribution in [2.24, 2.45) is 11.8 Å². The van der Waals surface area contributed by atoms with Crippen LogP contribution in [0.1, 0.15) is 37.3 Å². The highest BCUT2D eigenvalue weighted by atomic mass is 15.4. The molecule has 0 radical (unpaired) electrons. The number of hydrogen-bond acceptors (Lipinski definition) is 2. The van der Waals surface area contributed by atoms with Crippen molar-refractivity contribution in [3.63, 3.8) is 0 Å². The summed E-state index contributed by atoms with van der Waals surface area (Å²) in [6.45, 7) is 4.36. The van der Waals surface area contributed by atoms with Gasteiger partial charge in [-0.05, 0) is 49.1 Å². The lowest BCUT2D eigenvalue weighted by molar-refractivity contribution is 0.182. The smallest absolute Gasteiger partial charge is 0.0131 e.